The van der Waals surface area contributed by atoms with Crippen molar-refractivity contribution in [3.8, 4) is 0 Å². The highest BCUT2D eigenvalue weighted by Crippen LogP contribution is 2.31. The van der Waals surface area contributed by atoms with Gasteiger partial charge in [0.2, 0.25) is 5.95 Å². The number of aryl methyl sites for hydroxylation is 1. The fraction of sp³-hybridized carbons (Fsp3) is 0.636. The van der Waals surface area contributed by atoms with Crippen LogP contribution < -0.4 is 5.32 Å². The lowest BCUT2D eigenvalue weighted by Gasteiger charge is -2.24. The number of rotatable bonds is 2. The van der Waals surface area contributed by atoms with Crippen LogP contribution in [-0.4, -0.2) is 15.5 Å². The molecule has 1 heterocycles. The lowest BCUT2D eigenvalue weighted by atomic mass is 10.0. The Morgan fingerprint density at radius 2 is 1.79 bits per heavy atom. The molecule has 1 aliphatic rings. The highest BCUT2D eigenvalue weighted by Gasteiger charge is 2.28. The van der Waals surface area contributed by atoms with Crippen LogP contribution in [0, 0.1) is 6.92 Å². The van der Waals surface area contributed by atoms with Crippen molar-refractivity contribution in [1.82, 2.24) is 9.97 Å². The monoisotopic (exact) mass is 191 g/mol. The van der Waals surface area contributed by atoms with E-state index < -0.39 is 0 Å². The second-order valence-corrected chi connectivity index (χ2v) is 4.48. The molecule has 0 atom stereocenters. The van der Waals surface area contributed by atoms with Gasteiger partial charge < -0.3 is 5.32 Å². The summed E-state index contributed by atoms with van der Waals surface area (Å²) in [6.07, 6.45) is 8.79. The van der Waals surface area contributed by atoms with Gasteiger partial charge in [-0.1, -0.05) is 12.8 Å². The van der Waals surface area contributed by atoms with Crippen LogP contribution in [0.15, 0.2) is 12.4 Å². The molecule has 1 aromatic rings. The summed E-state index contributed by atoms with van der Waals surface area (Å²) in [5.74, 6) is 0.764. The Bertz CT molecular complexity index is 299. The smallest absolute Gasteiger partial charge is 0.223 e. The highest BCUT2D eigenvalue weighted by atomic mass is 15.1. The van der Waals surface area contributed by atoms with Gasteiger partial charge >= 0.3 is 0 Å². The molecule has 0 spiro atoms. The van der Waals surface area contributed by atoms with Gasteiger partial charge in [0.1, 0.15) is 0 Å². The van der Waals surface area contributed by atoms with Crippen LogP contribution >= 0.6 is 0 Å². The SMILES string of the molecule is Cc1cnc(NC2(C)CCCC2)nc1. The van der Waals surface area contributed by atoms with Gasteiger partial charge in [0.15, 0.2) is 0 Å². The number of hydrogen-bond donors (Lipinski definition) is 1. The van der Waals surface area contributed by atoms with Gasteiger partial charge in [-0.2, -0.15) is 0 Å². The summed E-state index contributed by atoms with van der Waals surface area (Å²) in [4.78, 5) is 8.53. The lowest BCUT2D eigenvalue weighted by Crippen LogP contribution is -2.31. The van der Waals surface area contributed by atoms with E-state index in [4.69, 9.17) is 0 Å². The minimum atomic E-state index is 0.218. The molecule has 1 N–H and O–H groups in total. The first-order chi connectivity index (χ1) is 6.68. The predicted octanol–water partition coefficient (Wildman–Crippen LogP) is 2.53. The molecule has 0 saturated heterocycles. The zero-order valence-electron chi connectivity index (χ0n) is 8.88. The third-order valence-corrected chi connectivity index (χ3v) is 2.90. The molecule has 2 rings (SSSR count). The number of hydrogen-bond acceptors (Lipinski definition) is 3. The van der Waals surface area contributed by atoms with Crippen molar-refractivity contribution < 1.29 is 0 Å². The normalized spacial score (nSPS) is 19.6. The summed E-state index contributed by atoms with van der Waals surface area (Å²) in [7, 11) is 0. The summed E-state index contributed by atoms with van der Waals surface area (Å²) in [6, 6.07) is 0. The van der Waals surface area contributed by atoms with Crippen LogP contribution in [0.25, 0.3) is 0 Å². The first-order valence-electron chi connectivity index (χ1n) is 5.25. The van der Waals surface area contributed by atoms with Crippen molar-refractivity contribution in [3.63, 3.8) is 0 Å². The summed E-state index contributed by atoms with van der Waals surface area (Å²) in [5, 5.41) is 3.42. The first-order valence-corrected chi connectivity index (χ1v) is 5.25. The van der Waals surface area contributed by atoms with Crippen LogP contribution in [0.5, 0.6) is 0 Å². The molecule has 1 aromatic heterocycles. The quantitative estimate of drug-likeness (QED) is 0.780. The molecular formula is C11H17N3. The van der Waals surface area contributed by atoms with Crippen molar-refractivity contribution in [2.45, 2.75) is 45.1 Å². The Morgan fingerprint density at radius 3 is 2.36 bits per heavy atom. The zero-order valence-corrected chi connectivity index (χ0v) is 8.88. The molecule has 3 nitrogen and oxygen atoms in total. The fourth-order valence-corrected chi connectivity index (χ4v) is 2.01. The van der Waals surface area contributed by atoms with Crippen LogP contribution in [0.3, 0.4) is 0 Å². The summed E-state index contributed by atoms with van der Waals surface area (Å²) in [6.45, 7) is 4.25. The molecule has 0 radical (unpaired) electrons. The van der Waals surface area contributed by atoms with Crippen molar-refractivity contribution in [2.24, 2.45) is 0 Å². The van der Waals surface area contributed by atoms with E-state index in [0.29, 0.717) is 0 Å². The molecule has 0 aromatic carbocycles. The zero-order chi connectivity index (χ0) is 10.0. The molecule has 1 fully saturated rings. The topological polar surface area (TPSA) is 37.8 Å². The minimum Gasteiger partial charge on any atom is -0.349 e. The molecular weight excluding hydrogens is 174 g/mol. The molecule has 1 aliphatic carbocycles. The number of aromatic nitrogens is 2. The van der Waals surface area contributed by atoms with Crippen LogP contribution in [0.1, 0.15) is 38.2 Å². The van der Waals surface area contributed by atoms with E-state index in [-0.39, 0.29) is 5.54 Å². The Kier molecular flexibility index (Phi) is 2.40. The molecule has 0 aliphatic heterocycles. The number of anilines is 1. The number of nitrogens with one attached hydrogen (secondary N) is 1. The standard InChI is InChI=1S/C11H17N3/c1-9-7-12-10(13-8-9)14-11(2)5-3-4-6-11/h7-8H,3-6H2,1-2H3,(H,12,13,14). The molecule has 1 saturated carbocycles. The van der Waals surface area contributed by atoms with Gasteiger partial charge in [-0.25, -0.2) is 9.97 Å². The van der Waals surface area contributed by atoms with Crippen LogP contribution in [0.2, 0.25) is 0 Å². The van der Waals surface area contributed by atoms with E-state index in [0.717, 1.165) is 11.5 Å². The van der Waals surface area contributed by atoms with Crippen molar-refractivity contribution in [2.75, 3.05) is 5.32 Å². The maximum atomic E-state index is 4.26. The Hall–Kier alpha value is -1.12. The maximum Gasteiger partial charge on any atom is 0.223 e. The van der Waals surface area contributed by atoms with Crippen molar-refractivity contribution in [3.05, 3.63) is 18.0 Å². The second kappa shape index (κ2) is 3.56. The predicted molar refractivity (Wildman–Crippen MR) is 57.3 cm³/mol. The first kappa shape index (κ1) is 9.44. The lowest BCUT2D eigenvalue weighted by molar-refractivity contribution is 0.528. The van der Waals surface area contributed by atoms with Gasteiger partial charge in [-0.3, -0.25) is 0 Å². The average Bonchev–Trinajstić information content (AvgIpc) is 2.57. The van der Waals surface area contributed by atoms with Gasteiger partial charge in [-0.15, -0.1) is 0 Å². The third-order valence-electron chi connectivity index (χ3n) is 2.90. The van der Waals surface area contributed by atoms with E-state index in [1.807, 2.05) is 19.3 Å². The van der Waals surface area contributed by atoms with Crippen molar-refractivity contribution in [1.29, 1.82) is 0 Å². The van der Waals surface area contributed by atoms with Crippen LogP contribution in [-0.2, 0) is 0 Å². The maximum absolute atomic E-state index is 4.26. The van der Waals surface area contributed by atoms with Gasteiger partial charge in [0.25, 0.3) is 0 Å². The number of nitrogens with zero attached hydrogens (tertiary/aromatic N) is 2. The average molecular weight is 191 g/mol. The minimum absolute atomic E-state index is 0.218. The highest BCUT2D eigenvalue weighted by molar-refractivity contribution is 5.29. The summed E-state index contributed by atoms with van der Waals surface area (Å²) >= 11 is 0. The van der Waals surface area contributed by atoms with Gasteiger partial charge in [-0.05, 0) is 32.3 Å². The largest absolute Gasteiger partial charge is 0.349 e. The molecule has 3 heteroatoms. The van der Waals surface area contributed by atoms with E-state index in [1.54, 1.807) is 0 Å². The Morgan fingerprint density at radius 1 is 1.21 bits per heavy atom. The van der Waals surface area contributed by atoms with E-state index in [2.05, 4.69) is 22.2 Å². The van der Waals surface area contributed by atoms with E-state index in [1.165, 1.54) is 25.7 Å². The Labute approximate surface area is 85.0 Å². The van der Waals surface area contributed by atoms with E-state index in [9.17, 15) is 0 Å². The molecule has 0 bridgehead atoms. The van der Waals surface area contributed by atoms with Gasteiger partial charge in [0.05, 0.1) is 0 Å². The van der Waals surface area contributed by atoms with E-state index >= 15 is 0 Å². The Balaban J connectivity index is 2.06. The molecule has 0 unspecified atom stereocenters. The van der Waals surface area contributed by atoms with Crippen molar-refractivity contribution >= 4 is 5.95 Å². The molecule has 14 heavy (non-hydrogen) atoms. The van der Waals surface area contributed by atoms with Gasteiger partial charge in [0, 0.05) is 17.9 Å². The van der Waals surface area contributed by atoms with Crippen LogP contribution in [0.4, 0.5) is 5.95 Å². The second-order valence-electron chi connectivity index (χ2n) is 4.48. The molecule has 76 valence electrons. The molecule has 0 amide bonds. The summed E-state index contributed by atoms with van der Waals surface area (Å²) in [5.41, 5.74) is 1.32. The fourth-order valence-electron chi connectivity index (χ4n) is 2.01. The summed E-state index contributed by atoms with van der Waals surface area (Å²) < 4.78 is 0. The third kappa shape index (κ3) is 2.03.